The molecule has 1 aliphatic carbocycles. The van der Waals surface area contributed by atoms with Crippen molar-refractivity contribution in [2.45, 2.75) is 46.0 Å². The Morgan fingerprint density at radius 3 is 2.29 bits per heavy atom. The van der Waals surface area contributed by atoms with E-state index < -0.39 is 0 Å². The molecule has 0 saturated heterocycles. The zero-order valence-electron chi connectivity index (χ0n) is 9.46. The van der Waals surface area contributed by atoms with Crippen molar-refractivity contribution in [1.29, 1.82) is 0 Å². The van der Waals surface area contributed by atoms with Crippen molar-refractivity contribution in [1.82, 2.24) is 0 Å². The molecular formula is C12H23NO. The summed E-state index contributed by atoms with van der Waals surface area (Å²) in [5, 5.41) is 0. The van der Waals surface area contributed by atoms with Crippen molar-refractivity contribution >= 4 is 5.78 Å². The summed E-state index contributed by atoms with van der Waals surface area (Å²) in [5.74, 6) is 2.35. The van der Waals surface area contributed by atoms with Crippen molar-refractivity contribution in [2.24, 2.45) is 23.5 Å². The fourth-order valence-electron chi connectivity index (χ4n) is 2.45. The van der Waals surface area contributed by atoms with E-state index in [1.165, 1.54) is 12.8 Å². The minimum absolute atomic E-state index is 0.327. The molecule has 2 heteroatoms. The lowest BCUT2D eigenvalue weighted by Gasteiger charge is -2.30. The zero-order chi connectivity index (χ0) is 10.6. The van der Waals surface area contributed by atoms with Crippen LogP contribution in [0.25, 0.3) is 0 Å². The van der Waals surface area contributed by atoms with Gasteiger partial charge in [0.15, 0.2) is 0 Å². The number of hydrogen-bond donors (Lipinski definition) is 1. The van der Waals surface area contributed by atoms with Crippen LogP contribution in [0.5, 0.6) is 0 Å². The van der Waals surface area contributed by atoms with E-state index in [1.807, 2.05) is 0 Å². The fraction of sp³-hybridized carbons (Fsp3) is 0.917. The second-order valence-corrected chi connectivity index (χ2v) is 4.86. The number of ketones is 1. The Kier molecular flexibility index (Phi) is 4.59. The monoisotopic (exact) mass is 197 g/mol. The summed E-state index contributed by atoms with van der Waals surface area (Å²) in [6.07, 6.45) is 5.25. The summed E-state index contributed by atoms with van der Waals surface area (Å²) >= 11 is 0. The second-order valence-electron chi connectivity index (χ2n) is 4.86. The number of rotatable bonds is 4. The average molecular weight is 197 g/mol. The summed E-state index contributed by atoms with van der Waals surface area (Å²) in [7, 11) is 0. The van der Waals surface area contributed by atoms with E-state index in [-0.39, 0.29) is 0 Å². The quantitative estimate of drug-likeness (QED) is 0.752. The van der Waals surface area contributed by atoms with Crippen LogP contribution in [0.4, 0.5) is 0 Å². The van der Waals surface area contributed by atoms with Gasteiger partial charge in [-0.3, -0.25) is 4.79 Å². The Balaban J connectivity index is 2.31. The normalized spacial score (nSPS) is 28.0. The Hall–Kier alpha value is -0.370. The Morgan fingerprint density at radius 1 is 1.29 bits per heavy atom. The van der Waals surface area contributed by atoms with Gasteiger partial charge < -0.3 is 5.73 Å². The summed E-state index contributed by atoms with van der Waals surface area (Å²) in [4.78, 5) is 11.6. The van der Waals surface area contributed by atoms with Gasteiger partial charge in [0, 0.05) is 12.3 Å². The van der Waals surface area contributed by atoms with Crippen molar-refractivity contribution in [2.75, 3.05) is 6.54 Å². The molecule has 0 spiro atoms. The Morgan fingerprint density at radius 2 is 1.86 bits per heavy atom. The van der Waals surface area contributed by atoms with E-state index in [0.29, 0.717) is 24.7 Å². The molecule has 0 aliphatic heterocycles. The van der Waals surface area contributed by atoms with Crippen LogP contribution >= 0.6 is 0 Å². The molecule has 0 bridgehead atoms. The van der Waals surface area contributed by atoms with E-state index in [0.717, 1.165) is 24.7 Å². The summed E-state index contributed by atoms with van der Waals surface area (Å²) in [5.41, 5.74) is 5.39. The van der Waals surface area contributed by atoms with Crippen molar-refractivity contribution in [3.05, 3.63) is 0 Å². The lowest BCUT2D eigenvalue weighted by molar-refractivity contribution is -0.124. The summed E-state index contributed by atoms with van der Waals surface area (Å²) < 4.78 is 0. The van der Waals surface area contributed by atoms with E-state index in [4.69, 9.17) is 5.73 Å². The first-order valence-corrected chi connectivity index (χ1v) is 5.88. The highest BCUT2D eigenvalue weighted by Crippen LogP contribution is 2.33. The van der Waals surface area contributed by atoms with Crippen LogP contribution in [-0.2, 0) is 4.79 Å². The van der Waals surface area contributed by atoms with Gasteiger partial charge in [-0.05, 0) is 44.1 Å². The fourth-order valence-corrected chi connectivity index (χ4v) is 2.45. The van der Waals surface area contributed by atoms with Crippen molar-refractivity contribution < 1.29 is 4.79 Å². The van der Waals surface area contributed by atoms with Gasteiger partial charge >= 0.3 is 0 Å². The van der Waals surface area contributed by atoms with E-state index in [9.17, 15) is 4.79 Å². The standard InChI is InChI=1S/C12H23NO/c1-9(2)10-3-5-11(6-4-10)12(14)7-8-13/h9-11H,3-8,13H2,1-2H3. The third-order valence-corrected chi connectivity index (χ3v) is 3.56. The highest BCUT2D eigenvalue weighted by molar-refractivity contribution is 5.81. The SMILES string of the molecule is CC(C)C1CCC(C(=O)CCN)CC1. The maximum Gasteiger partial charge on any atom is 0.137 e. The molecule has 1 aliphatic rings. The number of nitrogens with two attached hydrogens (primary N) is 1. The molecule has 82 valence electrons. The molecule has 2 nitrogen and oxygen atoms in total. The average Bonchev–Trinajstić information content (AvgIpc) is 2.18. The van der Waals surface area contributed by atoms with Crippen LogP contribution in [0.3, 0.4) is 0 Å². The molecular weight excluding hydrogens is 174 g/mol. The number of Topliss-reactive ketones (excluding diaryl/α,β-unsaturated/α-hetero) is 1. The van der Waals surface area contributed by atoms with Crippen LogP contribution in [0, 0.1) is 17.8 Å². The summed E-state index contributed by atoms with van der Waals surface area (Å²) in [6, 6.07) is 0. The predicted octanol–water partition coefficient (Wildman–Crippen LogP) is 2.37. The first-order valence-electron chi connectivity index (χ1n) is 5.88. The van der Waals surface area contributed by atoms with Gasteiger partial charge in [0.2, 0.25) is 0 Å². The maximum atomic E-state index is 11.6. The molecule has 0 heterocycles. The van der Waals surface area contributed by atoms with Crippen LogP contribution in [0.2, 0.25) is 0 Å². The molecule has 0 atom stereocenters. The van der Waals surface area contributed by atoms with E-state index >= 15 is 0 Å². The summed E-state index contributed by atoms with van der Waals surface area (Å²) in [6.45, 7) is 5.09. The van der Waals surface area contributed by atoms with Gasteiger partial charge in [-0.1, -0.05) is 13.8 Å². The number of carbonyl (C=O) groups excluding carboxylic acids is 1. The molecule has 0 radical (unpaired) electrons. The van der Waals surface area contributed by atoms with Gasteiger partial charge in [-0.2, -0.15) is 0 Å². The third-order valence-electron chi connectivity index (χ3n) is 3.56. The molecule has 0 aromatic heterocycles. The van der Waals surface area contributed by atoms with Gasteiger partial charge in [-0.15, -0.1) is 0 Å². The molecule has 0 amide bonds. The van der Waals surface area contributed by atoms with Crippen molar-refractivity contribution in [3.8, 4) is 0 Å². The predicted molar refractivity (Wildman–Crippen MR) is 59.0 cm³/mol. The minimum atomic E-state index is 0.327. The molecule has 1 rings (SSSR count). The lowest BCUT2D eigenvalue weighted by Crippen LogP contribution is -2.25. The highest BCUT2D eigenvalue weighted by atomic mass is 16.1. The van der Waals surface area contributed by atoms with Crippen LogP contribution in [0.1, 0.15) is 46.0 Å². The highest BCUT2D eigenvalue weighted by Gasteiger charge is 2.26. The Bertz CT molecular complexity index is 181. The number of hydrogen-bond acceptors (Lipinski definition) is 2. The minimum Gasteiger partial charge on any atom is -0.330 e. The molecule has 2 N–H and O–H groups in total. The van der Waals surface area contributed by atoms with Gasteiger partial charge in [-0.25, -0.2) is 0 Å². The molecule has 1 saturated carbocycles. The van der Waals surface area contributed by atoms with E-state index in [2.05, 4.69) is 13.8 Å². The smallest absolute Gasteiger partial charge is 0.137 e. The van der Waals surface area contributed by atoms with Gasteiger partial charge in [0.05, 0.1) is 0 Å². The second kappa shape index (κ2) is 5.50. The van der Waals surface area contributed by atoms with Crippen LogP contribution < -0.4 is 5.73 Å². The van der Waals surface area contributed by atoms with Gasteiger partial charge in [0.25, 0.3) is 0 Å². The topological polar surface area (TPSA) is 43.1 Å². The molecule has 14 heavy (non-hydrogen) atoms. The van der Waals surface area contributed by atoms with Crippen LogP contribution in [-0.4, -0.2) is 12.3 Å². The molecule has 1 fully saturated rings. The first kappa shape index (κ1) is 11.7. The molecule has 0 aromatic carbocycles. The molecule has 0 unspecified atom stereocenters. The van der Waals surface area contributed by atoms with Crippen LogP contribution in [0.15, 0.2) is 0 Å². The first-order chi connectivity index (χ1) is 6.65. The maximum absolute atomic E-state index is 11.6. The molecule has 0 aromatic rings. The van der Waals surface area contributed by atoms with Crippen molar-refractivity contribution in [3.63, 3.8) is 0 Å². The third kappa shape index (κ3) is 3.09. The largest absolute Gasteiger partial charge is 0.330 e. The number of carbonyl (C=O) groups is 1. The van der Waals surface area contributed by atoms with Gasteiger partial charge in [0.1, 0.15) is 5.78 Å². The Labute approximate surface area is 87.2 Å². The zero-order valence-corrected chi connectivity index (χ0v) is 9.46. The lowest BCUT2D eigenvalue weighted by atomic mass is 9.75. The van der Waals surface area contributed by atoms with E-state index in [1.54, 1.807) is 0 Å².